The van der Waals surface area contributed by atoms with Gasteiger partial charge in [0.05, 0.1) is 6.54 Å². The van der Waals surface area contributed by atoms with Crippen molar-refractivity contribution in [3.8, 4) is 11.1 Å². The van der Waals surface area contributed by atoms with Gasteiger partial charge in [0.2, 0.25) is 5.91 Å². The minimum absolute atomic E-state index is 0.303. The summed E-state index contributed by atoms with van der Waals surface area (Å²) in [6, 6.07) is 7.19. The summed E-state index contributed by atoms with van der Waals surface area (Å²) in [5, 5.41) is 0. The third-order valence-corrected chi connectivity index (χ3v) is 6.74. The van der Waals surface area contributed by atoms with Crippen molar-refractivity contribution in [2.45, 2.75) is 38.3 Å². The van der Waals surface area contributed by atoms with Crippen LogP contribution in [0.25, 0.3) is 11.1 Å². The number of fused-ring (bicyclic) bond motifs is 2. The molecule has 3 aliphatic rings. The molecule has 0 radical (unpaired) electrons. The van der Waals surface area contributed by atoms with Gasteiger partial charge in [-0.1, -0.05) is 24.6 Å². The molecule has 1 atom stereocenters. The monoisotopic (exact) mass is 391 g/mol. The third-order valence-electron chi connectivity index (χ3n) is 6.74. The lowest BCUT2D eigenvalue weighted by molar-refractivity contribution is -0.136. The highest BCUT2D eigenvalue weighted by Crippen LogP contribution is 2.26. The summed E-state index contributed by atoms with van der Waals surface area (Å²) < 4.78 is 0. The maximum Gasteiger partial charge on any atom is 0.236 e. The fourth-order valence-electron chi connectivity index (χ4n) is 5.05. The Morgan fingerprint density at radius 2 is 1.90 bits per heavy atom. The largest absolute Gasteiger partial charge is 0.339 e. The number of aromatic nitrogens is 2. The third kappa shape index (κ3) is 4.05. The number of carbonyl (C=O) groups is 1. The summed E-state index contributed by atoms with van der Waals surface area (Å²) in [5.74, 6) is 0.303. The fraction of sp³-hybridized carbons (Fsp3) is 0.522. The lowest BCUT2D eigenvalue weighted by Gasteiger charge is -2.44. The van der Waals surface area contributed by atoms with Gasteiger partial charge >= 0.3 is 0 Å². The molecule has 2 aromatic rings. The maximum absolute atomic E-state index is 12.9. The molecule has 1 amide bonds. The molecule has 0 spiro atoms. The molecule has 5 rings (SSSR count). The lowest BCUT2D eigenvalue weighted by atomic mass is 9.95. The van der Waals surface area contributed by atoms with Gasteiger partial charge in [-0.25, -0.2) is 9.97 Å². The zero-order chi connectivity index (χ0) is 19.6. The van der Waals surface area contributed by atoms with Crippen LogP contribution in [0.2, 0.25) is 0 Å². The van der Waals surface area contributed by atoms with E-state index in [0.29, 0.717) is 18.5 Å². The summed E-state index contributed by atoms with van der Waals surface area (Å²) in [6.45, 7) is 6.42. The van der Waals surface area contributed by atoms with Crippen LogP contribution in [0, 0.1) is 0 Å². The van der Waals surface area contributed by atoms with Crippen LogP contribution in [-0.4, -0.2) is 75.9 Å². The second kappa shape index (κ2) is 8.20. The minimum Gasteiger partial charge on any atom is -0.339 e. The average molecular weight is 392 g/mol. The van der Waals surface area contributed by atoms with Crippen molar-refractivity contribution in [3.05, 3.63) is 48.0 Å². The SMILES string of the molecule is O=C(CN1CCc2cc(-c3cncnc3)ccc2C1)N1CCN2CCCCC2C1. The van der Waals surface area contributed by atoms with Crippen molar-refractivity contribution < 1.29 is 4.79 Å². The molecule has 0 aliphatic carbocycles. The van der Waals surface area contributed by atoms with Crippen LogP contribution in [0.5, 0.6) is 0 Å². The van der Waals surface area contributed by atoms with Crippen LogP contribution in [-0.2, 0) is 17.8 Å². The molecule has 0 bridgehead atoms. The molecule has 0 saturated carbocycles. The quantitative estimate of drug-likeness (QED) is 0.803. The van der Waals surface area contributed by atoms with E-state index >= 15 is 0 Å². The minimum atomic E-state index is 0.303. The van der Waals surface area contributed by atoms with Gasteiger partial charge in [0.1, 0.15) is 6.33 Å². The number of rotatable bonds is 3. The van der Waals surface area contributed by atoms with Crippen molar-refractivity contribution in [2.75, 3.05) is 39.3 Å². The first-order chi connectivity index (χ1) is 14.3. The van der Waals surface area contributed by atoms with Crippen molar-refractivity contribution >= 4 is 5.91 Å². The average Bonchev–Trinajstić information content (AvgIpc) is 2.79. The van der Waals surface area contributed by atoms with Crippen molar-refractivity contribution in [1.82, 2.24) is 24.7 Å². The number of benzene rings is 1. The number of piperidine rings is 1. The maximum atomic E-state index is 12.9. The molecule has 4 heterocycles. The Labute approximate surface area is 172 Å². The van der Waals surface area contributed by atoms with E-state index in [0.717, 1.165) is 44.7 Å². The van der Waals surface area contributed by atoms with E-state index in [1.807, 2.05) is 12.4 Å². The molecular formula is C23H29N5O. The smallest absolute Gasteiger partial charge is 0.236 e. The van der Waals surface area contributed by atoms with E-state index in [1.165, 1.54) is 42.5 Å². The zero-order valence-electron chi connectivity index (χ0n) is 17.0. The molecule has 1 unspecified atom stereocenters. The number of hydrogen-bond donors (Lipinski definition) is 0. The standard InChI is InChI=1S/C23H29N5O/c29-23(28-10-9-27-7-2-1-3-22(27)15-28)16-26-8-6-19-11-18(4-5-20(19)14-26)21-12-24-17-25-13-21/h4-5,11-13,17,22H,1-3,6-10,14-16H2. The van der Waals surface area contributed by atoms with Gasteiger partial charge < -0.3 is 4.90 Å². The van der Waals surface area contributed by atoms with Crippen LogP contribution >= 0.6 is 0 Å². The molecule has 3 aliphatic heterocycles. The van der Waals surface area contributed by atoms with Gasteiger partial charge in [-0.15, -0.1) is 0 Å². The van der Waals surface area contributed by atoms with Crippen LogP contribution in [0.15, 0.2) is 36.9 Å². The number of carbonyl (C=O) groups excluding carboxylic acids is 1. The lowest BCUT2D eigenvalue weighted by Crippen LogP contribution is -2.57. The number of hydrogen-bond acceptors (Lipinski definition) is 5. The van der Waals surface area contributed by atoms with E-state index in [9.17, 15) is 4.79 Å². The number of amides is 1. The molecule has 2 saturated heterocycles. The van der Waals surface area contributed by atoms with Gasteiger partial charge in [-0.3, -0.25) is 14.6 Å². The summed E-state index contributed by atoms with van der Waals surface area (Å²) in [6.07, 6.45) is 10.1. The molecular weight excluding hydrogens is 362 g/mol. The Morgan fingerprint density at radius 3 is 2.79 bits per heavy atom. The van der Waals surface area contributed by atoms with Gasteiger partial charge in [0.15, 0.2) is 0 Å². The normalized spacial score (nSPS) is 22.8. The Bertz CT molecular complexity index is 871. The fourth-order valence-corrected chi connectivity index (χ4v) is 5.05. The molecule has 2 fully saturated rings. The number of piperazine rings is 1. The van der Waals surface area contributed by atoms with Gasteiger partial charge in [0, 0.05) is 56.7 Å². The van der Waals surface area contributed by atoms with Crippen LogP contribution in [0.4, 0.5) is 0 Å². The molecule has 29 heavy (non-hydrogen) atoms. The van der Waals surface area contributed by atoms with Gasteiger partial charge in [-0.2, -0.15) is 0 Å². The van der Waals surface area contributed by atoms with Crippen molar-refractivity contribution in [1.29, 1.82) is 0 Å². The molecule has 1 aromatic heterocycles. The topological polar surface area (TPSA) is 52.6 Å². The summed E-state index contributed by atoms with van der Waals surface area (Å²) in [7, 11) is 0. The predicted molar refractivity (Wildman–Crippen MR) is 112 cm³/mol. The first kappa shape index (κ1) is 18.7. The zero-order valence-corrected chi connectivity index (χ0v) is 17.0. The molecule has 152 valence electrons. The summed E-state index contributed by atoms with van der Waals surface area (Å²) in [4.78, 5) is 28.2. The second-order valence-corrected chi connectivity index (χ2v) is 8.60. The predicted octanol–water partition coefficient (Wildman–Crippen LogP) is 2.20. The highest BCUT2D eigenvalue weighted by atomic mass is 16.2. The van der Waals surface area contributed by atoms with Crippen molar-refractivity contribution in [3.63, 3.8) is 0 Å². The van der Waals surface area contributed by atoms with E-state index < -0.39 is 0 Å². The molecule has 0 N–H and O–H groups in total. The Kier molecular flexibility index (Phi) is 5.29. The van der Waals surface area contributed by atoms with Crippen LogP contribution in [0.3, 0.4) is 0 Å². The molecule has 6 heteroatoms. The first-order valence-corrected chi connectivity index (χ1v) is 10.9. The van der Waals surface area contributed by atoms with E-state index in [4.69, 9.17) is 0 Å². The van der Waals surface area contributed by atoms with Crippen molar-refractivity contribution in [2.24, 2.45) is 0 Å². The number of nitrogens with zero attached hydrogens (tertiary/aromatic N) is 5. The van der Waals surface area contributed by atoms with E-state index in [-0.39, 0.29) is 0 Å². The Hall–Kier alpha value is -2.31. The first-order valence-electron chi connectivity index (χ1n) is 10.9. The Balaban J connectivity index is 1.20. The summed E-state index contributed by atoms with van der Waals surface area (Å²) >= 11 is 0. The highest BCUT2D eigenvalue weighted by Gasteiger charge is 2.31. The van der Waals surface area contributed by atoms with Gasteiger partial charge in [-0.05, 0) is 42.5 Å². The van der Waals surface area contributed by atoms with Crippen LogP contribution in [0.1, 0.15) is 30.4 Å². The van der Waals surface area contributed by atoms with E-state index in [1.54, 1.807) is 6.33 Å². The summed E-state index contributed by atoms with van der Waals surface area (Å²) in [5.41, 5.74) is 4.93. The van der Waals surface area contributed by atoms with Gasteiger partial charge in [0.25, 0.3) is 0 Å². The molecule has 1 aromatic carbocycles. The Morgan fingerprint density at radius 1 is 1.00 bits per heavy atom. The second-order valence-electron chi connectivity index (χ2n) is 8.60. The van der Waals surface area contributed by atoms with E-state index in [2.05, 4.69) is 42.9 Å². The highest BCUT2D eigenvalue weighted by molar-refractivity contribution is 5.78. The van der Waals surface area contributed by atoms with Crippen LogP contribution < -0.4 is 0 Å². The molecule has 6 nitrogen and oxygen atoms in total.